The third-order valence-corrected chi connectivity index (χ3v) is 5.37. The number of carbonyl (C=O) groups is 2. The molecule has 1 aromatic heterocycles. The number of benzene rings is 1. The monoisotopic (exact) mass is 408 g/mol. The van der Waals surface area contributed by atoms with Gasteiger partial charge in [-0.05, 0) is 16.9 Å². The molecule has 0 aliphatic rings. The molecule has 0 radical (unpaired) electrons. The summed E-state index contributed by atoms with van der Waals surface area (Å²) in [7, 11) is -0.430. The number of nitrogens with zero attached hydrogens (tertiary/aromatic N) is 3. The number of hydrogen-bond donors (Lipinski definition) is 2. The minimum Gasteiger partial charge on any atom is -0.496 e. The molecule has 1 unspecified atom stereocenters. The number of aromatic nitrogens is 1. The highest BCUT2D eigenvalue weighted by Gasteiger charge is 2.55. The smallest absolute Gasteiger partial charge is 0.442 e. The average molecular weight is 408 g/mol. The van der Waals surface area contributed by atoms with Gasteiger partial charge in [-0.15, -0.1) is 0 Å². The van der Waals surface area contributed by atoms with E-state index in [0.29, 0.717) is 5.69 Å². The molecule has 150 valence electrons. The molecule has 2 aromatic rings. The van der Waals surface area contributed by atoms with Gasteiger partial charge in [0.15, 0.2) is 5.69 Å². The van der Waals surface area contributed by atoms with Crippen molar-refractivity contribution in [2.45, 2.75) is 6.92 Å². The van der Waals surface area contributed by atoms with Crippen molar-refractivity contribution in [3.05, 3.63) is 47.7 Å². The number of primary amides is 1. The van der Waals surface area contributed by atoms with Crippen LogP contribution in [-0.2, 0) is 10.2 Å². The van der Waals surface area contributed by atoms with Gasteiger partial charge in [-0.3, -0.25) is 4.79 Å². The Labute approximate surface area is 163 Å². The fourth-order valence-corrected chi connectivity index (χ4v) is 3.86. The zero-order valence-corrected chi connectivity index (χ0v) is 16.7. The van der Waals surface area contributed by atoms with Crippen molar-refractivity contribution in [1.82, 2.24) is 13.8 Å². The Morgan fingerprint density at radius 2 is 1.79 bits per heavy atom. The lowest BCUT2D eigenvalue weighted by molar-refractivity contribution is 0.0827. The van der Waals surface area contributed by atoms with Gasteiger partial charge < -0.3 is 15.4 Å². The van der Waals surface area contributed by atoms with E-state index in [1.54, 1.807) is 13.0 Å². The number of amides is 3. The van der Waals surface area contributed by atoms with E-state index in [-0.39, 0.29) is 22.8 Å². The Bertz CT molecular complexity index is 1040. The normalized spacial score (nSPS) is 13.5. The van der Waals surface area contributed by atoms with Crippen molar-refractivity contribution in [2.24, 2.45) is 10.9 Å². The van der Waals surface area contributed by atoms with Gasteiger partial charge in [0.05, 0.1) is 13.2 Å². The van der Waals surface area contributed by atoms with Crippen LogP contribution in [0.1, 0.15) is 16.1 Å². The van der Waals surface area contributed by atoms with Crippen LogP contribution in [-0.4, -0.2) is 51.4 Å². The Hall–Kier alpha value is -3.02. The van der Waals surface area contributed by atoms with Gasteiger partial charge in [0.2, 0.25) is 0 Å². The summed E-state index contributed by atoms with van der Waals surface area (Å²) in [5.74, 6) is -0.611. The molecule has 28 heavy (non-hydrogen) atoms. The van der Waals surface area contributed by atoms with Gasteiger partial charge in [0, 0.05) is 31.9 Å². The van der Waals surface area contributed by atoms with Gasteiger partial charge in [0.25, 0.3) is 11.7 Å². The molecule has 0 fully saturated rings. The second kappa shape index (κ2) is 7.54. The maximum absolute atomic E-state index is 12.8. The number of hydrogen-bond acceptors (Lipinski definition) is 6. The second-order valence-corrected chi connectivity index (χ2v) is 7.76. The van der Waals surface area contributed by atoms with E-state index in [2.05, 4.69) is 4.98 Å². The molecule has 1 aromatic carbocycles. The zero-order chi connectivity index (χ0) is 21.3. The molecule has 0 aliphatic carbocycles. The molecule has 10 nitrogen and oxygen atoms in total. The predicted molar refractivity (Wildman–Crippen MR) is 104 cm³/mol. The van der Waals surface area contributed by atoms with Crippen LogP contribution in [0.4, 0.5) is 16.3 Å². The first-order valence-corrected chi connectivity index (χ1v) is 9.53. The average Bonchev–Trinajstić information content (AvgIpc) is 2.60. The summed E-state index contributed by atoms with van der Waals surface area (Å²) in [4.78, 5) is 30.7. The largest absolute Gasteiger partial charge is 0.496 e. The highest BCUT2D eigenvalue weighted by Crippen LogP contribution is 2.40. The van der Waals surface area contributed by atoms with Crippen molar-refractivity contribution in [1.29, 1.82) is 0 Å². The third-order valence-electron chi connectivity index (χ3n) is 4.04. The summed E-state index contributed by atoms with van der Waals surface area (Å²) < 4.78 is 29.1. The van der Waals surface area contributed by atoms with Gasteiger partial charge >= 0.3 is 16.2 Å². The second-order valence-electron chi connectivity index (χ2n) is 6.19. The first-order valence-electron chi connectivity index (χ1n) is 8.03. The molecule has 11 heteroatoms. The standard InChI is InChI=1S/C17H21N5O5S/c1-11-9-12(27-4)10-15(20-11)22(17(18)24,28(19,25)26)14-8-6-5-7-13(14)16(23)21(2)3/h5-10H,1-4H3,(H3-,18,19,24,25,26)/p+1. The van der Waals surface area contributed by atoms with Crippen molar-refractivity contribution in [3.63, 3.8) is 0 Å². The minimum absolute atomic E-state index is 0.0670. The molecule has 3 amide bonds. The Morgan fingerprint density at radius 3 is 2.29 bits per heavy atom. The number of aryl methyl sites for hydroxylation is 1. The molecule has 0 aliphatic heterocycles. The molecule has 1 atom stereocenters. The quantitative estimate of drug-likeness (QED) is 0.706. The Balaban J connectivity index is 3.05. The first kappa shape index (κ1) is 21.3. The minimum atomic E-state index is -4.78. The number of methoxy groups -OCH3 is 1. The van der Waals surface area contributed by atoms with E-state index in [9.17, 15) is 18.0 Å². The van der Waals surface area contributed by atoms with Crippen LogP contribution < -0.4 is 19.5 Å². The fraction of sp³-hybridized carbons (Fsp3) is 0.235. The highest BCUT2D eigenvalue weighted by atomic mass is 32.2. The maximum Gasteiger partial charge on any atom is 0.442 e. The van der Waals surface area contributed by atoms with E-state index < -0.39 is 26.0 Å². The van der Waals surface area contributed by atoms with Crippen LogP contribution in [0, 0.1) is 6.92 Å². The van der Waals surface area contributed by atoms with E-state index in [1.165, 1.54) is 56.4 Å². The Morgan fingerprint density at radius 1 is 1.18 bits per heavy atom. The maximum atomic E-state index is 12.8. The van der Waals surface area contributed by atoms with Crippen LogP contribution >= 0.6 is 0 Å². The van der Waals surface area contributed by atoms with Gasteiger partial charge in [0.1, 0.15) is 11.3 Å². The lowest BCUT2D eigenvalue weighted by Gasteiger charge is -2.30. The van der Waals surface area contributed by atoms with Crippen LogP contribution in [0.5, 0.6) is 5.75 Å². The predicted octanol–water partition coefficient (Wildman–Crippen LogP) is 1.02. The van der Waals surface area contributed by atoms with Gasteiger partial charge in [-0.25, -0.2) is 4.79 Å². The highest BCUT2D eigenvalue weighted by molar-refractivity contribution is 7.89. The number of carbonyl (C=O) groups excluding carboxylic acids is 2. The molecule has 1 heterocycles. The molecule has 0 spiro atoms. The van der Waals surface area contributed by atoms with Gasteiger partial charge in [-0.1, -0.05) is 12.1 Å². The lowest BCUT2D eigenvalue weighted by Crippen LogP contribution is -2.60. The van der Waals surface area contributed by atoms with Crippen LogP contribution in [0.3, 0.4) is 0 Å². The Kier molecular flexibility index (Phi) is 5.73. The number of rotatable bonds is 5. The number of nitrogens with two attached hydrogens (primary N) is 2. The van der Waals surface area contributed by atoms with Crippen molar-refractivity contribution >= 4 is 33.7 Å². The molecule has 4 N–H and O–H groups in total. The van der Waals surface area contributed by atoms with E-state index in [1.807, 2.05) is 0 Å². The molecule has 0 saturated heterocycles. The molecular formula is C17H22N5O5S+. The van der Waals surface area contributed by atoms with E-state index >= 15 is 0 Å². The summed E-state index contributed by atoms with van der Waals surface area (Å²) >= 11 is 0. The summed E-state index contributed by atoms with van der Waals surface area (Å²) in [6, 6.07) is 7.10. The SMILES string of the molecule is COc1cc(C)nc([N+](C(N)=O)(c2ccccc2C(=O)N(C)C)S(N)(=O)=O)c1. The molecule has 0 saturated carbocycles. The van der Waals surface area contributed by atoms with Crippen molar-refractivity contribution < 1.29 is 22.7 Å². The fourth-order valence-electron chi connectivity index (χ4n) is 2.82. The van der Waals surface area contributed by atoms with Gasteiger partial charge in [-0.2, -0.15) is 18.5 Å². The summed E-state index contributed by atoms with van der Waals surface area (Å²) in [6.45, 7) is 1.59. The topological polar surface area (TPSA) is 146 Å². The number of urea groups is 1. The number of pyridine rings is 1. The van der Waals surface area contributed by atoms with Crippen molar-refractivity contribution in [2.75, 3.05) is 21.2 Å². The summed E-state index contributed by atoms with van der Waals surface area (Å²) in [5.41, 5.74) is 5.63. The number of ether oxygens (including phenoxy) is 1. The van der Waals surface area contributed by atoms with Crippen LogP contribution in [0.25, 0.3) is 0 Å². The zero-order valence-electron chi connectivity index (χ0n) is 15.9. The summed E-state index contributed by atoms with van der Waals surface area (Å²) in [6.07, 6.45) is 0. The first-order chi connectivity index (χ1) is 13.0. The molecule has 0 bridgehead atoms. The number of quaternary nitrogens is 1. The van der Waals surface area contributed by atoms with Crippen molar-refractivity contribution in [3.8, 4) is 5.75 Å². The number of para-hydroxylation sites is 1. The molecular weight excluding hydrogens is 386 g/mol. The third kappa shape index (κ3) is 3.42. The van der Waals surface area contributed by atoms with Crippen LogP contribution in [0.15, 0.2) is 36.4 Å². The van der Waals surface area contributed by atoms with E-state index in [4.69, 9.17) is 15.6 Å². The lowest BCUT2D eigenvalue weighted by atomic mass is 10.1. The molecule has 2 rings (SSSR count). The van der Waals surface area contributed by atoms with Crippen LogP contribution in [0.2, 0.25) is 0 Å². The van der Waals surface area contributed by atoms with E-state index in [0.717, 1.165) is 0 Å². The summed E-state index contributed by atoms with van der Waals surface area (Å²) in [5, 5.41) is 5.50.